The largest absolute Gasteiger partial charge is 0.258 e. The normalized spacial score (nSPS) is 13.2. The van der Waals surface area contributed by atoms with E-state index in [4.69, 9.17) is 0 Å². The van der Waals surface area contributed by atoms with Crippen LogP contribution in [-0.2, 0) is 0 Å². The van der Waals surface area contributed by atoms with Gasteiger partial charge in [0.1, 0.15) is 7.91 Å². The Morgan fingerprint density at radius 3 is 1.35 bits per heavy atom. The highest BCUT2D eigenvalue weighted by molar-refractivity contribution is 8.31. The number of hydrogen-bond acceptors (Lipinski definition) is 2. The minimum atomic E-state index is -0.375. The van der Waals surface area contributed by atoms with Gasteiger partial charge in [0.25, 0.3) is 0 Å². The third-order valence-electron chi connectivity index (χ3n) is 4.39. The topological polar surface area (TPSA) is 6.48 Å². The quantitative estimate of drug-likeness (QED) is 0.408. The number of nitrogens with zero attached hydrogens (tertiary/aromatic N) is 2. The molecule has 0 aliphatic carbocycles. The maximum Gasteiger partial charge on any atom is 0.101 e. The fourth-order valence-electron chi connectivity index (χ4n) is 3.65. The second kappa shape index (κ2) is 10.6. The lowest BCUT2D eigenvalue weighted by Crippen LogP contribution is -2.41. The standard InChI is InChI=1S/C21H39N2P3/c1-14(2)22(15(3)4)26(23(16(5)6)17(7)8)25-24-21-19(10)12-18(9)13-20(21)11/h12-17H,1-11H3. The van der Waals surface area contributed by atoms with Crippen LogP contribution in [0.2, 0.25) is 0 Å². The van der Waals surface area contributed by atoms with Crippen LogP contribution < -0.4 is 5.30 Å². The first-order valence-electron chi connectivity index (χ1n) is 9.83. The van der Waals surface area contributed by atoms with Crippen LogP contribution in [0.25, 0.3) is 0 Å². The van der Waals surface area contributed by atoms with Gasteiger partial charge in [-0.2, -0.15) is 0 Å². The molecule has 0 amide bonds. The van der Waals surface area contributed by atoms with Crippen LogP contribution in [0.5, 0.6) is 0 Å². The van der Waals surface area contributed by atoms with E-state index in [1.165, 1.54) is 37.4 Å². The summed E-state index contributed by atoms with van der Waals surface area (Å²) in [6, 6.07) is 6.90. The molecule has 0 heterocycles. The fraction of sp³-hybridized carbons (Fsp3) is 0.714. The van der Waals surface area contributed by atoms with Crippen molar-refractivity contribution in [2.75, 3.05) is 0 Å². The van der Waals surface area contributed by atoms with Crippen LogP contribution in [0.15, 0.2) is 12.1 Å². The van der Waals surface area contributed by atoms with E-state index in [0.29, 0.717) is 24.2 Å². The van der Waals surface area contributed by atoms with Gasteiger partial charge in [-0.25, -0.2) is 0 Å². The maximum absolute atomic E-state index is 2.75. The van der Waals surface area contributed by atoms with E-state index in [-0.39, 0.29) is 7.91 Å². The predicted molar refractivity (Wildman–Crippen MR) is 125 cm³/mol. The highest BCUT2D eigenvalue weighted by Gasteiger charge is 2.31. The zero-order chi connectivity index (χ0) is 20.2. The lowest BCUT2D eigenvalue weighted by Gasteiger charge is -2.45. The summed E-state index contributed by atoms with van der Waals surface area (Å²) in [6.45, 7) is 25.5. The van der Waals surface area contributed by atoms with E-state index < -0.39 is 0 Å². The maximum atomic E-state index is 2.75. The molecule has 0 fully saturated rings. The van der Waals surface area contributed by atoms with Crippen molar-refractivity contribution in [1.82, 2.24) is 9.34 Å². The Labute approximate surface area is 167 Å². The Kier molecular flexibility index (Phi) is 9.91. The molecule has 0 bridgehead atoms. The number of rotatable bonds is 8. The van der Waals surface area contributed by atoms with Gasteiger partial charge < -0.3 is 0 Å². The van der Waals surface area contributed by atoms with Gasteiger partial charge >= 0.3 is 0 Å². The molecule has 26 heavy (non-hydrogen) atoms. The van der Waals surface area contributed by atoms with Crippen LogP contribution in [0.1, 0.15) is 72.1 Å². The second-order valence-electron chi connectivity index (χ2n) is 8.34. The fourth-order valence-corrected chi connectivity index (χ4v) is 14.0. The Bertz CT molecular complexity index is 550. The Morgan fingerprint density at radius 1 is 0.692 bits per heavy atom. The van der Waals surface area contributed by atoms with Crippen LogP contribution in [0.3, 0.4) is 0 Å². The molecule has 0 unspecified atom stereocenters. The van der Waals surface area contributed by atoms with Gasteiger partial charge in [-0.15, -0.1) is 0 Å². The number of aryl methyl sites for hydroxylation is 3. The molecule has 0 atom stereocenters. The molecule has 0 saturated heterocycles. The van der Waals surface area contributed by atoms with Crippen LogP contribution in [0.4, 0.5) is 0 Å². The van der Waals surface area contributed by atoms with Crippen molar-refractivity contribution in [2.45, 2.75) is 100 Å². The Morgan fingerprint density at radius 2 is 1.04 bits per heavy atom. The van der Waals surface area contributed by atoms with E-state index in [9.17, 15) is 0 Å². The lowest BCUT2D eigenvalue weighted by atomic mass is 10.1. The van der Waals surface area contributed by atoms with Gasteiger partial charge in [0.15, 0.2) is 0 Å². The van der Waals surface area contributed by atoms with E-state index in [1.54, 1.807) is 0 Å². The molecule has 148 valence electrons. The molecule has 1 aromatic rings. The molecule has 0 aliphatic heterocycles. The van der Waals surface area contributed by atoms with E-state index >= 15 is 0 Å². The molecule has 0 N–H and O–H groups in total. The van der Waals surface area contributed by atoms with Gasteiger partial charge in [0, 0.05) is 29.5 Å². The smallest absolute Gasteiger partial charge is 0.101 e. The first kappa shape index (κ1) is 24.2. The number of hydrogen-bond donors (Lipinski definition) is 0. The summed E-state index contributed by atoms with van der Waals surface area (Å²) < 4.78 is 5.51. The minimum absolute atomic E-state index is 0.375. The molecule has 0 spiro atoms. The zero-order valence-corrected chi connectivity index (χ0v) is 21.4. The first-order chi connectivity index (χ1) is 12.0. The van der Waals surface area contributed by atoms with Crippen LogP contribution in [0, 0.1) is 20.8 Å². The van der Waals surface area contributed by atoms with Crippen molar-refractivity contribution in [2.24, 2.45) is 0 Å². The predicted octanol–water partition coefficient (Wildman–Crippen LogP) is 7.51. The number of benzene rings is 1. The molecule has 2 nitrogen and oxygen atoms in total. The van der Waals surface area contributed by atoms with Crippen molar-refractivity contribution in [3.63, 3.8) is 0 Å². The molecule has 0 radical (unpaired) electrons. The van der Waals surface area contributed by atoms with Crippen molar-refractivity contribution in [3.05, 3.63) is 28.8 Å². The SMILES string of the molecule is Cc1cc(C)c(P=PP(N(C(C)C)C(C)C)N(C(C)C)C(C)C)c(C)c1. The molecule has 5 heteroatoms. The molecule has 1 rings (SSSR count). The highest BCUT2D eigenvalue weighted by atomic mass is 32.2. The Balaban J connectivity index is 3.41. The van der Waals surface area contributed by atoms with Crippen molar-refractivity contribution in [3.8, 4) is 0 Å². The molecular weight excluding hydrogens is 373 g/mol. The van der Waals surface area contributed by atoms with Crippen LogP contribution in [-0.4, -0.2) is 33.5 Å². The zero-order valence-electron chi connectivity index (χ0n) is 18.7. The molecule has 1 aromatic carbocycles. The van der Waals surface area contributed by atoms with Gasteiger partial charge in [0.05, 0.1) is 0 Å². The molecule has 0 aliphatic rings. The second-order valence-corrected chi connectivity index (χ2v) is 14.4. The van der Waals surface area contributed by atoms with Gasteiger partial charge in [0.2, 0.25) is 0 Å². The Hall–Kier alpha value is 0.170. The first-order valence-corrected chi connectivity index (χ1v) is 14.3. The van der Waals surface area contributed by atoms with E-state index in [2.05, 4.69) is 97.6 Å². The summed E-state index contributed by atoms with van der Waals surface area (Å²) in [5.74, 6) is 0. The van der Waals surface area contributed by atoms with Crippen molar-refractivity contribution >= 4 is 28.6 Å². The lowest BCUT2D eigenvalue weighted by molar-refractivity contribution is 0.264. The molecule has 0 saturated carbocycles. The van der Waals surface area contributed by atoms with Crippen molar-refractivity contribution < 1.29 is 0 Å². The molecular formula is C21H39N2P3. The van der Waals surface area contributed by atoms with Crippen molar-refractivity contribution in [1.29, 1.82) is 0 Å². The third-order valence-corrected chi connectivity index (χ3v) is 13.1. The molecule has 0 aromatic heterocycles. The van der Waals surface area contributed by atoms with Crippen LogP contribution >= 0.6 is 23.3 Å². The minimum Gasteiger partial charge on any atom is -0.258 e. The summed E-state index contributed by atoms with van der Waals surface area (Å²) in [5, 5.41) is 1.52. The van der Waals surface area contributed by atoms with E-state index in [1.807, 2.05) is 0 Å². The summed E-state index contributed by atoms with van der Waals surface area (Å²) in [5.41, 5.74) is 4.25. The van der Waals surface area contributed by atoms with Gasteiger partial charge in [-0.3, -0.25) is 9.34 Å². The van der Waals surface area contributed by atoms with Gasteiger partial charge in [-0.1, -0.05) is 17.7 Å². The third kappa shape index (κ3) is 6.36. The van der Waals surface area contributed by atoms with Gasteiger partial charge in [-0.05, 0) is 103 Å². The summed E-state index contributed by atoms with van der Waals surface area (Å²) in [6.07, 6.45) is 0. The average Bonchev–Trinajstić information content (AvgIpc) is 2.43. The summed E-state index contributed by atoms with van der Waals surface area (Å²) >= 11 is 0. The average molecular weight is 412 g/mol. The summed E-state index contributed by atoms with van der Waals surface area (Å²) in [7, 11) is 2.59. The highest BCUT2D eigenvalue weighted by Crippen LogP contribution is 2.62. The summed E-state index contributed by atoms with van der Waals surface area (Å²) in [4.78, 5) is 0. The van der Waals surface area contributed by atoms with E-state index in [0.717, 1.165) is 0 Å². The monoisotopic (exact) mass is 412 g/mol.